The third-order valence-corrected chi connectivity index (χ3v) is 3.12. The van der Waals surface area contributed by atoms with Crippen LogP contribution in [0.3, 0.4) is 0 Å². The Morgan fingerprint density at radius 3 is 2.78 bits per heavy atom. The number of aromatic amines is 1. The lowest BCUT2D eigenvalue weighted by Crippen LogP contribution is -1.87. The van der Waals surface area contributed by atoms with Crippen molar-refractivity contribution in [3.63, 3.8) is 0 Å². The molecule has 0 atom stereocenters. The average Bonchev–Trinajstić information content (AvgIpc) is 2.82. The van der Waals surface area contributed by atoms with Crippen molar-refractivity contribution in [2.24, 2.45) is 0 Å². The zero-order chi connectivity index (χ0) is 12.4. The zero-order valence-corrected chi connectivity index (χ0v) is 9.98. The van der Waals surface area contributed by atoms with Crippen molar-refractivity contribution in [1.29, 1.82) is 5.26 Å². The number of hydrogen-bond acceptors (Lipinski definition) is 5. The first-order valence-corrected chi connectivity index (χ1v) is 6.01. The molecule has 5 nitrogen and oxygen atoms in total. The van der Waals surface area contributed by atoms with Crippen molar-refractivity contribution in [1.82, 2.24) is 19.9 Å². The van der Waals surface area contributed by atoms with Crippen molar-refractivity contribution >= 4 is 22.8 Å². The van der Waals surface area contributed by atoms with Gasteiger partial charge in [-0.15, -0.1) is 0 Å². The molecule has 0 spiro atoms. The van der Waals surface area contributed by atoms with Crippen molar-refractivity contribution in [2.45, 2.75) is 10.2 Å². The highest BCUT2D eigenvalue weighted by Gasteiger charge is 2.05. The topological polar surface area (TPSA) is 78.2 Å². The van der Waals surface area contributed by atoms with Gasteiger partial charge in [0.1, 0.15) is 11.1 Å². The minimum atomic E-state index is 0.309. The van der Waals surface area contributed by atoms with E-state index in [1.165, 1.54) is 18.0 Å². The van der Waals surface area contributed by atoms with Crippen molar-refractivity contribution in [3.05, 3.63) is 42.4 Å². The number of rotatable bonds is 2. The van der Waals surface area contributed by atoms with Gasteiger partial charge in [0, 0.05) is 0 Å². The van der Waals surface area contributed by atoms with Crippen LogP contribution in [0.25, 0.3) is 11.0 Å². The maximum absolute atomic E-state index is 8.64. The molecule has 1 aromatic carbocycles. The predicted molar refractivity (Wildman–Crippen MR) is 67.0 cm³/mol. The van der Waals surface area contributed by atoms with E-state index in [4.69, 9.17) is 5.26 Å². The first kappa shape index (κ1) is 10.7. The number of nitrogens with one attached hydrogen (secondary N) is 1. The largest absolute Gasteiger partial charge is 0.333 e. The molecule has 1 N–H and O–H groups in total. The smallest absolute Gasteiger partial charge is 0.172 e. The van der Waals surface area contributed by atoms with Crippen LogP contribution in [-0.2, 0) is 0 Å². The summed E-state index contributed by atoms with van der Waals surface area (Å²) in [5, 5.41) is 10.1. The second-order valence-corrected chi connectivity index (χ2v) is 4.52. The van der Waals surface area contributed by atoms with E-state index in [1.54, 1.807) is 6.20 Å². The van der Waals surface area contributed by atoms with Crippen LogP contribution in [0.4, 0.5) is 0 Å². The SMILES string of the molecule is N#Cc1cnc(Sc2nc3ccccc3[nH]2)cn1. The lowest BCUT2D eigenvalue weighted by atomic mass is 10.3. The van der Waals surface area contributed by atoms with Crippen molar-refractivity contribution in [2.75, 3.05) is 0 Å². The Labute approximate surface area is 107 Å². The highest BCUT2D eigenvalue weighted by Crippen LogP contribution is 2.24. The van der Waals surface area contributed by atoms with E-state index in [9.17, 15) is 0 Å². The van der Waals surface area contributed by atoms with Gasteiger partial charge in [-0.1, -0.05) is 12.1 Å². The number of imidazole rings is 1. The Bertz CT molecular complexity index is 693. The van der Waals surface area contributed by atoms with Crippen LogP contribution in [0.5, 0.6) is 0 Å². The van der Waals surface area contributed by atoms with Gasteiger partial charge in [-0.05, 0) is 23.9 Å². The summed E-state index contributed by atoms with van der Waals surface area (Å²) in [6.07, 6.45) is 3.02. The summed E-state index contributed by atoms with van der Waals surface area (Å²) < 4.78 is 0. The van der Waals surface area contributed by atoms with Gasteiger partial charge < -0.3 is 4.98 Å². The molecule has 0 amide bonds. The zero-order valence-electron chi connectivity index (χ0n) is 9.16. The number of hydrogen-bond donors (Lipinski definition) is 1. The van der Waals surface area contributed by atoms with Gasteiger partial charge in [0.25, 0.3) is 0 Å². The van der Waals surface area contributed by atoms with E-state index in [1.807, 2.05) is 30.3 Å². The Morgan fingerprint density at radius 2 is 2.06 bits per heavy atom. The lowest BCUT2D eigenvalue weighted by Gasteiger charge is -1.95. The standard InChI is InChI=1S/C12H7N5S/c13-5-8-6-15-11(7-14-8)18-12-16-9-3-1-2-4-10(9)17-12/h1-4,6-7H,(H,16,17). The molecule has 0 aliphatic heterocycles. The summed E-state index contributed by atoms with van der Waals surface area (Å²) in [5.41, 5.74) is 2.21. The predicted octanol–water partition coefficient (Wildman–Crippen LogP) is 2.38. The Morgan fingerprint density at radius 1 is 1.17 bits per heavy atom. The molecule has 18 heavy (non-hydrogen) atoms. The van der Waals surface area contributed by atoms with E-state index >= 15 is 0 Å². The molecule has 0 saturated carbocycles. The van der Waals surface area contributed by atoms with E-state index in [-0.39, 0.29) is 0 Å². The van der Waals surface area contributed by atoms with Crippen LogP contribution in [0.2, 0.25) is 0 Å². The van der Waals surface area contributed by atoms with Crippen molar-refractivity contribution < 1.29 is 0 Å². The maximum Gasteiger partial charge on any atom is 0.172 e. The molecule has 0 bridgehead atoms. The third kappa shape index (κ3) is 2.04. The fourth-order valence-electron chi connectivity index (χ4n) is 1.50. The summed E-state index contributed by atoms with van der Waals surface area (Å²) in [6, 6.07) is 9.75. The van der Waals surface area contributed by atoms with Gasteiger partial charge in [-0.2, -0.15) is 5.26 Å². The highest BCUT2D eigenvalue weighted by molar-refractivity contribution is 7.99. The van der Waals surface area contributed by atoms with E-state index < -0.39 is 0 Å². The number of aromatic nitrogens is 4. The number of H-pyrrole nitrogens is 1. The summed E-state index contributed by atoms with van der Waals surface area (Å²) in [7, 11) is 0. The minimum Gasteiger partial charge on any atom is -0.333 e. The Hall–Kier alpha value is -2.39. The van der Waals surface area contributed by atoms with Crippen molar-refractivity contribution in [3.8, 4) is 6.07 Å². The first-order valence-electron chi connectivity index (χ1n) is 5.20. The summed E-state index contributed by atoms with van der Waals surface area (Å²) in [6.45, 7) is 0. The molecule has 3 aromatic rings. The molecular formula is C12H7N5S. The number of nitriles is 1. The number of nitrogens with zero attached hydrogens (tertiary/aromatic N) is 4. The molecule has 0 unspecified atom stereocenters. The monoisotopic (exact) mass is 253 g/mol. The molecular weight excluding hydrogens is 246 g/mol. The maximum atomic E-state index is 8.64. The minimum absolute atomic E-state index is 0.309. The number of para-hydroxylation sites is 2. The molecule has 2 aromatic heterocycles. The molecule has 3 rings (SSSR count). The molecule has 2 heterocycles. The highest BCUT2D eigenvalue weighted by atomic mass is 32.2. The quantitative estimate of drug-likeness (QED) is 0.758. The van der Waals surface area contributed by atoms with Crippen LogP contribution in [-0.4, -0.2) is 19.9 Å². The van der Waals surface area contributed by atoms with Crippen LogP contribution in [0, 0.1) is 11.3 Å². The van der Waals surface area contributed by atoms with Crippen LogP contribution < -0.4 is 0 Å². The molecule has 0 saturated heterocycles. The normalized spacial score (nSPS) is 10.4. The molecule has 0 fully saturated rings. The lowest BCUT2D eigenvalue weighted by molar-refractivity contribution is 1.01. The average molecular weight is 253 g/mol. The number of benzene rings is 1. The number of fused-ring (bicyclic) bond motifs is 1. The molecule has 6 heteroatoms. The second-order valence-electron chi connectivity index (χ2n) is 3.51. The van der Waals surface area contributed by atoms with Gasteiger partial charge in [0.15, 0.2) is 10.9 Å². The molecule has 0 aliphatic rings. The first-order chi connectivity index (χ1) is 8.85. The third-order valence-electron chi connectivity index (χ3n) is 2.31. The van der Waals surface area contributed by atoms with Gasteiger partial charge in [0.2, 0.25) is 0 Å². The van der Waals surface area contributed by atoms with Gasteiger partial charge in [-0.3, -0.25) is 0 Å². The summed E-state index contributed by atoms with van der Waals surface area (Å²) in [5.74, 6) is 0. The summed E-state index contributed by atoms with van der Waals surface area (Å²) in [4.78, 5) is 15.7. The van der Waals surface area contributed by atoms with E-state index in [2.05, 4.69) is 19.9 Å². The van der Waals surface area contributed by atoms with Crippen LogP contribution >= 0.6 is 11.8 Å². The summed E-state index contributed by atoms with van der Waals surface area (Å²) >= 11 is 1.38. The van der Waals surface area contributed by atoms with Gasteiger partial charge in [-0.25, -0.2) is 15.0 Å². The fraction of sp³-hybridized carbons (Fsp3) is 0. The van der Waals surface area contributed by atoms with Gasteiger partial charge in [0.05, 0.1) is 23.4 Å². The second kappa shape index (κ2) is 4.47. The Balaban J connectivity index is 1.89. The molecule has 0 radical (unpaired) electrons. The fourth-order valence-corrected chi connectivity index (χ4v) is 2.22. The van der Waals surface area contributed by atoms with Crippen LogP contribution in [0.1, 0.15) is 5.69 Å². The van der Waals surface area contributed by atoms with Gasteiger partial charge >= 0.3 is 0 Å². The molecule has 86 valence electrons. The van der Waals surface area contributed by atoms with E-state index in [0.29, 0.717) is 10.7 Å². The molecule has 0 aliphatic carbocycles. The van der Waals surface area contributed by atoms with E-state index in [0.717, 1.165) is 16.2 Å². The Kier molecular flexibility index (Phi) is 2.67. The van der Waals surface area contributed by atoms with Crippen LogP contribution in [0.15, 0.2) is 46.8 Å².